The van der Waals surface area contributed by atoms with E-state index in [0.29, 0.717) is 0 Å². The van der Waals surface area contributed by atoms with Gasteiger partial charge in [0.1, 0.15) is 0 Å². The highest BCUT2D eigenvalue weighted by Crippen LogP contribution is 2.42. The number of hydrogen-bond acceptors (Lipinski definition) is 1. The van der Waals surface area contributed by atoms with Crippen LogP contribution in [0, 0.1) is 0 Å². The predicted molar refractivity (Wildman–Crippen MR) is 28.4 cm³/mol. The molecule has 0 saturated carbocycles. The minimum Gasteiger partial charge on any atom is -0.188 e. The third-order valence-electron chi connectivity index (χ3n) is 0.435. The van der Waals surface area contributed by atoms with Crippen LogP contribution in [0.25, 0.3) is 0 Å². The van der Waals surface area contributed by atoms with Crippen molar-refractivity contribution in [1.82, 2.24) is 0 Å². The number of alkyl halides is 5. The Labute approximate surface area is 65.2 Å². The molecule has 0 rings (SSSR count). The molecular formula is C2Br2F3O2. The van der Waals surface area contributed by atoms with Gasteiger partial charge in [-0.2, -0.15) is 13.2 Å². The van der Waals surface area contributed by atoms with Gasteiger partial charge in [-0.1, -0.05) is 0 Å². The Morgan fingerprint density at radius 3 is 1.56 bits per heavy atom. The Hall–Kier alpha value is 0.670. The maximum atomic E-state index is 11.9. The quantitative estimate of drug-likeness (QED) is 0.431. The molecule has 1 unspecified atom stereocenters. The van der Waals surface area contributed by atoms with E-state index in [1.54, 1.807) is 31.9 Å². The first-order valence-corrected chi connectivity index (χ1v) is 3.15. The normalized spacial score (nSPS) is 19.3. The molecule has 9 heavy (non-hydrogen) atoms. The summed E-state index contributed by atoms with van der Waals surface area (Å²) in [5.41, 5.74) is 0. The Kier molecular flexibility index (Phi) is 2.93. The Morgan fingerprint density at radius 2 is 1.56 bits per heavy atom. The van der Waals surface area contributed by atoms with Crippen molar-refractivity contribution in [2.45, 2.75) is 9.60 Å². The zero-order valence-electron chi connectivity index (χ0n) is 3.71. The fourth-order valence-electron chi connectivity index (χ4n) is 0.0472. The Morgan fingerprint density at radius 1 is 1.22 bits per heavy atom. The molecule has 0 aromatic carbocycles. The van der Waals surface area contributed by atoms with Gasteiger partial charge in [0, 0.05) is 0 Å². The number of halogens is 5. The molecule has 1 radical (unpaired) electrons. The Bertz CT molecular complexity index is 100. The smallest absolute Gasteiger partial charge is 0.188 e. The van der Waals surface area contributed by atoms with Crippen LogP contribution in [0.3, 0.4) is 0 Å². The van der Waals surface area contributed by atoms with E-state index in [1.165, 1.54) is 0 Å². The van der Waals surface area contributed by atoms with Crippen LogP contribution in [0.1, 0.15) is 0 Å². The zero-order valence-corrected chi connectivity index (χ0v) is 6.88. The number of rotatable bonds is 2. The summed E-state index contributed by atoms with van der Waals surface area (Å²) >= 11 is 3.28. The molecule has 0 amide bonds. The summed E-state index contributed by atoms with van der Waals surface area (Å²) in [7, 11) is 0. The third-order valence-corrected chi connectivity index (χ3v) is 2.11. The fourth-order valence-corrected chi connectivity index (χ4v) is 0.113. The van der Waals surface area contributed by atoms with E-state index in [0.717, 1.165) is 0 Å². The van der Waals surface area contributed by atoms with Crippen LogP contribution in [0.4, 0.5) is 13.2 Å². The summed E-state index contributed by atoms with van der Waals surface area (Å²) in [5, 5.41) is 9.17. The SMILES string of the molecule is [O]OC(F)(Br)C(F)(F)Br. The van der Waals surface area contributed by atoms with E-state index >= 15 is 0 Å². The molecule has 0 heterocycles. The molecule has 7 heteroatoms. The topological polar surface area (TPSA) is 29.1 Å². The molecule has 0 aromatic heterocycles. The number of hydrogen-bond donors (Lipinski definition) is 0. The van der Waals surface area contributed by atoms with Crippen molar-refractivity contribution in [2.24, 2.45) is 0 Å². The molecule has 0 N–H and O–H groups in total. The predicted octanol–water partition coefficient (Wildman–Crippen LogP) is 2.35. The van der Waals surface area contributed by atoms with Gasteiger partial charge in [0.2, 0.25) is 0 Å². The molecule has 0 fully saturated rings. The largest absolute Gasteiger partial charge is 0.371 e. The summed E-state index contributed by atoms with van der Waals surface area (Å²) in [6, 6.07) is 0. The van der Waals surface area contributed by atoms with Crippen molar-refractivity contribution in [3.63, 3.8) is 0 Å². The van der Waals surface area contributed by atoms with Crippen LogP contribution in [-0.4, -0.2) is 9.60 Å². The third kappa shape index (κ3) is 2.40. The molecule has 0 aliphatic rings. The maximum absolute atomic E-state index is 11.9. The van der Waals surface area contributed by atoms with Crippen molar-refractivity contribution in [3.8, 4) is 0 Å². The van der Waals surface area contributed by atoms with Crippen LogP contribution < -0.4 is 0 Å². The van der Waals surface area contributed by atoms with Crippen molar-refractivity contribution in [2.75, 3.05) is 0 Å². The maximum Gasteiger partial charge on any atom is 0.371 e. The summed E-state index contributed by atoms with van der Waals surface area (Å²) in [6.07, 6.45) is 0. The minimum absolute atomic E-state index is 1.58. The average Bonchev–Trinajstić information content (AvgIpc) is 1.64. The van der Waals surface area contributed by atoms with Gasteiger partial charge in [-0.15, -0.1) is 4.89 Å². The lowest BCUT2D eigenvalue weighted by Crippen LogP contribution is -2.34. The molecule has 0 bridgehead atoms. The van der Waals surface area contributed by atoms with Gasteiger partial charge in [-0.3, -0.25) is 0 Å². The van der Waals surface area contributed by atoms with Crippen molar-refractivity contribution < 1.29 is 23.3 Å². The zero-order chi connectivity index (χ0) is 7.71. The molecule has 0 aliphatic carbocycles. The molecule has 0 spiro atoms. The van der Waals surface area contributed by atoms with E-state index in [4.69, 9.17) is 5.26 Å². The first kappa shape index (κ1) is 9.67. The first-order chi connectivity index (χ1) is 3.81. The molecule has 55 valence electrons. The molecule has 0 saturated heterocycles. The minimum atomic E-state index is -4.03. The van der Waals surface area contributed by atoms with Crippen LogP contribution in [-0.2, 0) is 10.1 Å². The second-order valence-corrected chi connectivity index (χ2v) is 3.11. The Balaban J connectivity index is 4.14. The lowest BCUT2D eigenvalue weighted by Gasteiger charge is -2.17. The van der Waals surface area contributed by atoms with Gasteiger partial charge in [-0.05, 0) is 37.1 Å². The van der Waals surface area contributed by atoms with Crippen LogP contribution in [0.2, 0.25) is 0 Å². The summed E-state index contributed by atoms with van der Waals surface area (Å²) < 4.78 is 31.6. The summed E-state index contributed by atoms with van der Waals surface area (Å²) in [5.74, 6) is 0. The molecule has 0 aliphatic heterocycles. The van der Waals surface area contributed by atoms with Crippen molar-refractivity contribution in [3.05, 3.63) is 0 Å². The van der Waals surface area contributed by atoms with Gasteiger partial charge in [0.25, 0.3) is 0 Å². The van der Waals surface area contributed by atoms with Crippen LogP contribution >= 0.6 is 31.9 Å². The first-order valence-electron chi connectivity index (χ1n) is 1.57. The standard InChI is InChI=1S/C2Br2F3O2/c3-1(5,6)2(4,7)9-8. The molecule has 0 aromatic rings. The highest BCUT2D eigenvalue weighted by molar-refractivity contribution is 9.12. The molecule has 1 atom stereocenters. The van der Waals surface area contributed by atoms with E-state index in [9.17, 15) is 13.2 Å². The van der Waals surface area contributed by atoms with Crippen LogP contribution in [0.15, 0.2) is 0 Å². The van der Waals surface area contributed by atoms with Crippen molar-refractivity contribution in [1.29, 1.82) is 0 Å². The van der Waals surface area contributed by atoms with Gasteiger partial charge in [0.15, 0.2) is 0 Å². The van der Waals surface area contributed by atoms with Crippen molar-refractivity contribution >= 4 is 31.9 Å². The highest BCUT2D eigenvalue weighted by atomic mass is 79.9. The average molecular weight is 273 g/mol. The van der Waals surface area contributed by atoms with Gasteiger partial charge >= 0.3 is 9.60 Å². The highest BCUT2D eigenvalue weighted by Gasteiger charge is 2.54. The molecule has 2 nitrogen and oxygen atoms in total. The van der Waals surface area contributed by atoms with E-state index in [1.807, 2.05) is 0 Å². The van der Waals surface area contributed by atoms with Crippen LogP contribution in [0.5, 0.6) is 0 Å². The summed E-state index contributed by atoms with van der Waals surface area (Å²) in [4.78, 5) is -1.52. The van der Waals surface area contributed by atoms with Gasteiger partial charge in [-0.25, -0.2) is 0 Å². The lowest BCUT2D eigenvalue weighted by atomic mass is 10.7. The van der Waals surface area contributed by atoms with E-state index < -0.39 is 9.60 Å². The molecular weight excluding hydrogens is 273 g/mol. The van der Waals surface area contributed by atoms with E-state index in [2.05, 4.69) is 4.89 Å². The second kappa shape index (κ2) is 2.73. The lowest BCUT2D eigenvalue weighted by molar-refractivity contribution is -0.399. The summed E-state index contributed by atoms with van der Waals surface area (Å²) in [6.45, 7) is 0. The monoisotopic (exact) mass is 271 g/mol. The van der Waals surface area contributed by atoms with E-state index in [-0.39, 0.29) is 0 Å². The fraction of sp³-hybridized carbons (Fsp3) is 1.00. The second-order valence-electron chi connectivity index (χ2n) is 1.10. The van der Waals surface area contributed by atoms with Gasteiger partial charge in [0.05, 0.1) is 0 Å². The van der Waals surface area contributed by atoms with Gasteiger partial charge < -0.3 is 0 Å².